The first-order chi connectivity index (χ1) is 9.47. The maximum absolute atomic E-state index is 11.9. The number of likely N-dealkylation sites (tertiary alicyclic amines) is 1. The van der Waals surface area contributed by atoms with Gasteiger partial charge in [0.1, 0.15) is 6.54 Å². The molecule has 0 radical (unpaired) electrons. The van der Waals surface area contributed by atoms with Crippen molar-refractivity contribution in [3.63, 3.8) is 0 Å². The molecule has 2 atom stereocenters. The molecule has 1 heterocycles. The Labute approximate surface area is 119 Å². The van der Waals surface area contributed by atoms with Gasteiger partial charge in [0.15, 0.2) is 0 Å². The van der Waals surface area contributed by atoms with E-state index in [4.69, 9.17) is 17.3 Å². The standard InChI is InChI=1S/C13H12ClN3O3/c14-9-3-6(15)1-2-10(9)16-11(18)5-17-12(19)7-4-8(7)13(17)20/h1-3,7-8H,4-5,15H2,(H,16,18). The Morgan fingerprint density at radius 3 is 2.60 bits per heavy atom. The molecule has 3 rings (SSSR count). The van der Waals surface area contributed by atoms with Crippen LogP contribution in [-0.2, 0) is 14.4 Å². The van der Waals surface area contributed by atoms with Crippen LogP contribution < -0.4 is 11.1 Å². The average molecular weight is 294 g/mol. The topological polar surface area (TPSA) is 92.5 Å². The molecule has 0 bridgehead atoms. The summed E-state index contributed by atoms with van der Waals surface area (Å²) in [6.07, 6.45) is 0.625. The third kappa shape index (κ3) is 2.12. The Hall–Kier alpha value is -2.08. The quantitative estimate of drug-likeness (QED) is 0.639. The molecule has 20 heavy (non-hydrogen) atoms. The van der Waals surface area contributed by atoms with Crippen molar-refractivity contribution >= 4 is 40.7 Å². The lowest BCUT2D eigenvalue weighted by Crippen LogP contribution is -2.39. The van der Waals surface area contributed by atoms with Crippen LogP contribution in [0.1, 0.15) is 6.42 Å². The van der Waals surface area contributed by atoms with Gasteiger partial charge in [-0.15, -0.1) is 0 Å². The number of rotatable bonds is 3. The highest BCUT2D eigenvalue weighted by atomic mass is 35.5. The lowest BCUT2D eigenvalue weighted by molar-refractivity contribution is -0.143. The van der Waals surface area contributed by atoms with Crippen LogP contribution in [0.4, 0.5) is 11.4 Å². The van der Waals surface area contributed by atoms with Crippen molar-refractivity contribution in [3.8, 4) is 0 Å². The summed E-state index contributed by atoms with van der Waals surface area (Å²) in [5.74, 6) is -1.36. The fourth-order valence-electron chi connectivity index (χ4n) is 2.37. The summed E-state index contributed by atoms with van der Waals surface area (Å²) in [5.41, 5.74) is 6.43. The first-order valence-electron chi connectivity index (χ1n) is 6.17. The Morgan fingerprint density at radius 1 is 1.35 bits per heavy atom. The van der Waals surface area contributed by atoms with Crippen molar-refractivity contribution in [1.82, 2.24) is 4.90 Å². The third-order valence-electron chi connectivity index (χ3n) is 3.53. The third-order valence-corrected chi connectivity index (χ3v) is 3.84. The van der Waals surface area contributed by atoms with Crippen molar-refractivity contribution in [3.05, 3.63) is 23.2 Å². The molecule has 1 aromatic carbocycles. The van der Waals surface area contributed by atoms with E-state index in [1.54, 1.807) is 12.1 Å². The summed E-state index contributed by atoms with van der Waals surface area (Å²) in [6.45, 7) is -0.272. The summed E-state index contributed by atoms with van der Waals surface area (Å²) in [7, 11) is 0. The van der Waals surface area contributed by atoms with Crippen LogP contribution in [0.25, 0.3) is 0 Å². The molecule has 3 amide bonds. The zero-order valence-corrected chi connectivity index (χ0v) is 11.2. The number of fused-ring (bicyclic) bond motifs is 1. The number of benzene rings is 1. The number of nitrogens with zero attached hydrogens (tertiary/aromatic N) is 1. The van der Waals surface area contributed by atoms with Crippen LogP contribution >= 0.6 is 11.6 Å². The number of nitrogens with two attached hydrogens (primary N) is 1. The number of carbonyl (C=O) groups excluding carboxylic acids is 3. The number of hydrogen-bond acceptors (Lipinski definition) is 4. The van der Waals surface area contributed by atoms with Crippen LogP contribution in [-0.4, -0.2) is 29.2 Å². The highest BCUT2D eigenvalue weighted by molar-refractivity contribution is 6.34. The normalized spacial score (nSPS) is 23.8. The van der Waals surface area contributed by atoms with Gasteiger partial charge < -0.3 is 11.1 Å². The molecular formula is C13H12ClN3O3. The second-order valence-corrected chi connectivity index (χ2v) is 5.41. The number of piperidine rings is 1. The van der Waals surface area contributed by atoms with Gasteiger partial charge in [-0.3, -0.25) is 19.3 Å². The largest absolute Gasteiger partial charge is 0.399 e. The van der Waals surface area contributed by atoms with Crippen LogP contribution in [0.3, 0.4) is 0 Å². The number of imide groups is 1. The van der Waals surface area contributed by atoms with Crippen LogP contribution in [0, 0.1) is 11.8 Å². The molecular weight excluding hydrogens is 282 g/mol. The number of anilines is 2. The zero-order valence-electron chi connectivity index (χ0n) is 10.4. The van der Waals surface area contributed by atoms with Crippen molar-refractivity contribution in [2.24, 2.45) is 11.8 Å². The van der Waals surface area contributed by atoms with E-state index in [9.17, 15) is 14.4 Å². The number of nitrogen functional groups attached to an aromatic ring is 1. The molecule has 2 fully saturated rings. The second kappa shape index (κ2) is 4.49. The molecule has 3 N–H and O–H groups in total. The monoisotopic (exact) mass is 293 g/mol. The van der Waals surface area contributed by atoms with E-state index in [-0.39, 0.29) is 30.2 Å². The van der Waals surface area contributed by atoms with E-state index < -0.39 is 5.91 Å². The van der Waals surface area contributed by atoms with Gasteiger partial charge in [-0.05, 0) is 24.6 Å². The number of halogens is 1. The minimum atomic E-state index is -0.459. The molecule has 0 aromatic heterocycles. The predicted octanol–water partition coefficient (Wildman–Crippen LogP) is 0.866. The summed E-state index contributed by atoms with van der Waals surface area (Å²) < 4.78 is 0. The van der Waals surface area contributed by atoms with Crippen molar-refractivity contribution in [2.75, 3.05) is 17.6 Å². The lowest BCUT2D eigenvalue weighted by atomic mass is 10.3. The van der Waals surface area contributed by atoms with E-state index in [0.717, 1.165) is 4.90 Å². The SMILES string of the molecule is Nc1ccc(NC(=O)CN2C(=O)C3CC3C2=O)c(Cl)c1. The van der Waals surface area contributed by atoms with E-state index in [1.165, 1.54) is 6.07 Å². The molecule has 0 spiro atoms. The molecule has 1 aliphatic heterocycles. The van der Waals surface area contributed by atoms with Crippen molar-refractivity contribution in [1.29, 1.82) is 0 Å². The highest BCUT2D eigenvalue weighted by Gasteiger charge is 2.59. The summed E-state index contributed by atoms with van der Waals surface area (Å²) in [5, 5.41) is 2.87. The molecule has 104 valence electrons. The van der Waals surface area contributed by atoms with Crippen molar-refractivity contribution < 1.29 is 14.4 Å². The Balaban J connectivity index is 1.65. The molecule has 1 saturated carbocycles. The van der Waals surface area contributed by atoms with E-state index in [1.807, 2.05) is 0 Å². The van der Waals surface area contributed by atoms with Gasteiger partial charge in [0.05, 0.1) is 22.5 Å². The van der Waals surface area contributed by atoms with Crippen LogP contribution in [0.5, 0.6) is 0 Å². The number of carbonyl (C=O) groups is 3. The Morgan fingerprint density at radius 2 is 2.00 bits per heavy atom. The van der Waals surface area contributed by atoms with Gasteiger partial charge in [-0.25, -0.2) is 0 Å². The second-order valence-electron chi connectivity index (χ2n) is 5.00. The zero-order chi connectivity index (χ0) is 14.4. The fourth-order valence-corrected chi connectivity index (χ4v) is 2.61. The first kappa shape index (κ1) is 12.9. The average Bonchev–Trinajstić information content (AvgIpc) is 3.13. The molecule has 1 saturated heterocycles. The Kier molecular flexibility index (Phi) is 2.90. The van der Waals surface area contributed by atoms with Gasteiger partial charge in [-0.1, -0.05) is 11.6 Å². The van der Waals surface area contributed by atoms with Gasteiger partial charge in [0, 0.05) is 5.69 Å². The molecule has 2 aliphatic rings. The van der Waals surface area contributed by atoms with Crippen LogP contribution in [0.15, 0.2) is 18.2 Å². The molecule has 7 heteroatoms. The maximum atomic E-state index is 11.9. The number of nitrogens with one attached hydrogen (secondary N) is 1. The minimum Gasteiger partial charge on any atom is -0.399 e. The predicted molar refractivity (Wildman–Crippen MR) is 72.8 cm³/mol. The first-order valence-corrected chi connectivity index (χ1v) is 6.55. The summed E-state index contributed by atoms with van der Waals surface area (Å²) in [6, 6.07) is 4.68. The van der Waals surface area contributed by atoms with Crippen molar-refractivity contribution in [2.45, 2.75) is 6.42 Å². The van der Waals surface area contributed by atoms with E-state index in [2.05, 4.69) is 5.32 Å². The van der Waals surface area contributed by atoms with Gasteiger partial charge in [0.25, 0.3) is 0 Å². The summed E-state index contributed by atoms with van der Waals surface area (Å²) in [4.78, 5) is 36.4. The number of hydrogen-bond donors (Lipinski definition) is 2. The van der Waals surface area contributed by atoms with Gasteiger partial charge in [0.2, 0.25) is 17.7 Å². The minimum absolute atomic E-state index is 0.199. The highest BCUT2D eigenvalue weighted by Crippen LogP contribution is 2.46. The lowest BCUT2D eigenvalue weighted by Gasteiger charge is -2.16. The molecule has 2 unspecified atom stereocenters. The molecule has 6 nitrogen and oxygen atoms in total. The smallest absolute Gasteiger partial charge is 0.244 e. The molecule has 1 aromatic rings. The van der Waals surface area contributed by atoms with Gasteiger partial charge in [-0.2, -0.15) is 0 Å². The maximum Gasteiger partial charge on any atom is 0.244 e. The number of amides is 3. The van der Waals surface area contributed by atoms with Gasteiger partial charge >= 0.3 is 0 Å². The van der Waals surface area contributed by atoms with Crippen LogP contribution in [0.2, 0.25) is 5.02 Å². The Bertz CT molecular complexity index is 611. The van der Waals surface area contributed by atoms with E-state index >= 15 is 0 Å². The molecule has 1 aliphatic carbocycles. The fraction of sp³-hybridized carbons (Fsp3) is 0.308. The summed E-state index contributed by atoms with van der Waals surface area (Å²) >= 11 is 5.94. The van der Waals surface area contributed by atoms with E-state index in [0.29, 0.717) is 22.8 Å².